The number of hydrogen-bond acceptors (Lipinski definition) is 2. The summed E-state index contributed by atoms with van der Waals surface area (Å²) in [6.45, 7) is 3.25. The van der Waals surface area contributed by atoms with Crippen molar-refractivity contribution in [2.24, 2.45) is 0 Å². The van der Waals surface area contributed by atoms with Gasteiger partial charge in [0.25, 0.3) is 0 Å². The zero-order valence-electron chi connectivity index (χ0n) is 12.3. The van der Waals surface area contributed by atoms with Crippen LogP contribution in [0.15, 0.2) is 0 Å². The SMILES string of the molecule is CCCCCCCCCNC1(O)CCCCCC1. The molecule has 1 aliphatic rings. The molecule has 0 saturated heterocycles. The van der Waals surface area contributed by atoms with Crippen LogP contribution in [0.4, 0.5) is 0 Å². The predicted molar refractivity (Wildman–Crippen MR) is 78.6 cm³/mol. The molecule has 0 amide bonds. The smallest absolute Gasteiger partial charge is 0.116 e. The lowest BCUT2D eigenvalue weighted by molar-refractivity contribution is -0.00906. The number of hydrogen-bond donors (Lipinski definition) is 2. The highest BCUT2D eigenvalue weighted by Crippen LogP contribution is 2.24. The molecule has 1 aliphatic carbocycles. The van der Waals surface area contributed by atoms with Gasteiger partial charge in [0.2, 0.25) is 0 Å². The molecule has 108 valence electrons. The summed E-state index contributed by atoms with van der Waals surface area (Å²) in [6, 6.07) is 0. The Labute approximate surface area is 114 Å². The quantitative estimate of drug-likeness (QED) is 0.364. The summed E-state index contributed by atoms with van der Waals surface area (Å²) in [5.41, 5.74) is -0.543. The van der Waals surface area contributed by atoms with Crippen LogP contribution in [0, 0.1) is 0 Å². The van der Waals surface area contributed by atoms with E-state index in [1.165, 1.54) is 70.6 Å². The van der Waals surface area contributed by atoms with Crippen molar-refractivity contribution in [1.82, 2.24) is 5.32 Å². The minimum atomic E-state index is -0.543. The van der Waals surface area contributed by atoms with Gasteiger partial charge in [0, 0.05) is 0 Å². The zero-order valence-corrected chi connectivity index (χ0v) is 12.3. The molecular weight excluding hydrogens is 222 g/mol. The van der Waals surface area contributed by atoms with Crippen LogP contribution >= 0.6 is 0 Å². The molecule has 0 aliphatic heterocycles. The van der Waals surface area contributed by atoms with Crippen LogP contribution < -0.4 is 5.32 Å². The van der Waals surface area contributed by atoms with E-state index in [2.05, 4.69) is 12.2 Å². The van der Waals surface area contributed by atoms with E-state index in [0.29, 0.717) is 0 Å². The molecule has 0 bridgehead atoms. The molecular formula is C16H33NO. The highest BCUT2D eigenvalue weighted by Gasteiger charge is 2.26. The molecule has 0 aromatic heterocycles. The Kier molecular flexibility index (Phi) is 8.70. The summed E-state index contributed by atoms with van der Waals surface area (Å²) in [5.74, 6) is 0. The topological polar surface area (TPSA) is 32.3 Å². The third-order valence-electron chi connectivity index (χ3n) is 4.17. The molecule has 0 aromatic carbocycles. The maximum Gasteiger partial charge on any atom is 0.116 e. The van der Waals surface area contributed by atoms with Crippen molar-refractivity contribution in [2.45, 2.75) is 96.1 Å². The Bertz CT molecular complexity index is 186. The van der Waals surface area contributed by atoms with Crippen LogP contribution in [0.1, 0.15) is 90.4 Å². The Balaban J connectivity index is 1.95. The highest BCUT2D eigenvalue weighted by molar-refractivity contribution is 4.78. The van der Waals surface area contributed by atoms with Crippen molar-refractivity contribution in [3.63, 3.8) is 0 Å². The average molecular weight is 255 g/mol. The summed E-state index contributed by atoms with van der Waals surface area (Å²) >= 11 is 0. The molecule has 0 spiro atoms. The number of aliphatic hydroxyl groups is 1. The molecule has 2 heteroatoms. The maximum absolute atomic E-state index is 10.4. The van der Waals surface area contributed by atoms with Gasteiger partial charge >= 0.3 is 0 Å². The van der Waals surface area contributed by atoms with Crippen LogP contribution in [-0.4, -0.2) is 17.4 Å². The lowest BCUT2D eigenvalue weighted by Gasteiger charge is -2.28. The summed E-state index contributed by atoms with van der Waals surface area (Å²) < 4.78 is 0. The third kappa shape index (κ3) is 7.38. The molecule has 0 radical (unpaired) electrons. The van der Waals surface area contributed by atoms with E-state index in [1.807, 2.05) is 0 Å². The second-order valence-corrected chi connectivity index (χ2v) is 5.99. The fraction of sp³-hybridized carbons (Fsp3) is 1.00. The summed E-state index contributed by atoms with van der Waals surface area (Å²) in [5, 5.41) is 13.8. The Morgan fingerprint density at radius 3 is 2.00 bits per heavy atom. The van der Waals surface area contributed by atoms with Crippen molar-refractivity contribution in [1.29, 1.82) is 0 Å². The number of nitrogens with one attached hydrogen (secondary N) is 1. The van der Waals surface area contributed by atoms with Crippen LogP contribution in [0.25, 0.3) is 0 Å². The first-order valence-corrected chi connectivity index (χ1v) is 8.24. The predicted octanol–water partition coefficient (Wildman–Crippen LogP) is 4.37. The second-order valence-electron chi connectivity index (χ2n) is 5.99. The first kappa shape index (κ1) is 16.0. The van der Waals surface area contributed by atoms with Crippen molar-refractivity contribution in [3.8, 4) is 0 Å². The van der Waals surface area contributed by atoms with Crippen LogP contribution in [0.2, 0.25) is 0 Å². The lowest BCUT2D eigenvalue weighted by Crippen LogP contribution is -2.45. The van der Waals surface area contributed by atoms with Gasteiger partial charge in [0.1, 0.15) is 5.72 Å². The molecule has 0 unspecified atom stereocenters. The Morgan fingerprint density at radius 2 is 1.39 bits per heavy atom. The molecule has 1 fully saturated rings. The van der Waals surface area contributed by atoms with Crippen molar-refractivity contribution < 1.29 is 5.11 Å². The molecule has 18 heavy (non-hydrogen) atoms. The second kappa shape index (κ2) is 9.80. The minimum Gasteiger partial charge on any atom is -0.376 e. The van der Waals surface area contributed by atoms with Crippen LogP contribution in [0.5, 0.6) is 0 Å². The van der Waals surface area contributed by atoms with E-state index in [9.17, 15) is 5.11 Å². The third-order valence-corrected chi connectivity index (χ3v) is 4.17. The Morgan fingerprint density at radius 1 is 0.833 bits per heavy atom. The van der Waals surface area contributed by atoms with Gasteiger partial charge in [-0.2, -0.15) is 0 Å². The fourth-order valence-corrected chi connectivity index (χ4v) is 2.89. The molecule has 2 nitrogen and oxygen atoms in total. The molecule has 0 aromatic rings. The molecule has 0 heterocycles. The van der Waals surface area contributed by atoms with E-state index in [0.717, 1.165) is 19.4 Å². The van der Waals surface area contributed by atoms with Gasteiger partial charge in [-0.25, -0.2) is 0 Å². The minimum absolute atomic E-state index is 0.543. The maximum atomic E-state index is 10.4. The van der Waals surface area contributed by atoms with Gasteiger partial charge in [-0.3, -0.25) is 5.32 Å². The Hall–Kier alpha value is -0.0800. The normalized spacial score (nSPS) is 19.7. The van der Waals surface area contributed by atoms with E-state index in [-0.39, 0.29) is 0 Å². The first-order chi connectivity index (χ1) is 8.77. The zero-order chi connectivity index (χ0) is 13.1. The van der Waals surface area contributed by atoms with Crippen molar-refractivity contribution in [3.05, 3.63) is 0 Å². The summed E-state index contributed by atoms with van der Waals surface area (Å²) in [4.78, 5) is 0. The largest absolute Gasteiger partial charge is 0.376 e. The summed E-state index contributed by atoms with van der Waals surface area (Å²) in [7, 11) is 0. The molecule has 0 atom stereocenters. The van der Waals surface area contributed by atoms with Crippen molar-refractivity contribution in [2.75, 3.05) is 6.54 Å². The van der Waals surface area contributed by atoms with Crippen molar-refractivity contribution >= 4 is 0 Å². The number of unbranched alkanes of at least 4 members (excludes halogenated alkanes) is 6. The van der Waals surface area contributed by atoms with Gasteiger partial charge in [-0.1, -0.05) is 58.3 Å². The van der Waals surface area contributed by atoms with Gasteiger partial charge < -0.3 is 5.11 Å². The highest BCUT2D eigenvalue weighted by atomic mass is 16.3. The molecule has 1 rings (SSSR count). The van der Waals surface area contributed by atoms with Gasteiger partial charge in [0.15, 0.2) is 0 Å². The fourth-order valence-electron chi connectivity index (χ4n) is 2.89. The van der Waals surface area contributed by atoms with Gasteiger partial charge in [-0.05, 0) is 38.6 Å². The van der Waals surface area contributed by atoms with E-state index in [4.69, 9.17) is 0 Å². The van der Waals surface area contributed by atoms with E-state index < -0.39 is 5.72 Å². The number of rotatable bonds is 9. The van der Waals surface area contributed by atoms with Gasteiger partial charge in [-0.15, -0.1) is 0 Å². The lowest BCUT2D eigenvalue weighted by atomic mass is 10.0. The van der Waals surface area contributed by atoms with Crippen LogP contribution in [0.3, 0.4) is 0 Å². The standard InChI is InChI=1S/C16H33NO/c1-2-3-4-5-6-9-12-15-17-16(18)13-10-7-8-11-14-16/h17-18H,2-15H2,1H3. The average Bonchev–Trinajstić information content (AvgIpc) is 2.58. The monoisotopic (exact) mass is 255 g/mol. The van der Waals surface area contributed by atoms with E-state index >= 15 is 0 Å². The van der Waals surface area contributed by atoms with Gasteiger partial charge in [0.05, 0.1) is 0 Å². The first-order valence-electron chi connectivity index (χ1n) is 8.24. The molecule has 1 saturated carbocycles. The van der Waals surface area contributed by atoms with Crippen LogP contribution in [-0.2, 0) is 0 Å². The molecule has 2 N–H and O–H groups in total. The van der Waals surface area contributed by atoms with E-state index in [1.54, 1.807) is 0 Å². The summed E-state index contributed by atoms with van der Waals surface area (Å²) in [6.07, 6.45) is 16.2.